The van der Waals surface area contributed by atoms with Crippen molar-refractivity contribution in [3.05, 3.63) is 0 Å². The zero-order valence-corrected chi connectivity index (χ0v) is 9.45. The summed E-state index contributed by atoms with van der Waals surface area (Å²) in [5.41, 5.74) is 5.34. The Morgan fingerprint density at radius 2 is 1.94 bits per heavy atom. The maximum absolute atomic E-state index is 11.6. The van der Waals surface area contributed by atoms with E-state index >= 15 is 0 Å². The standard InChI is InChI=1S/C11H20N2O3/c12-5-1-2-6-13-10(14)8-3-4-9(7-8)11(15)16/h8-9H,1-7,12H2,(H,13,14)(H,15,16)/t8-,9+/m1/s1. The van der Waals surface area contributed by atoms with Crippen molar-refractivity contribution in [3.8, 4) is 0 Å². The number of hydrogen-bond donors (Lipinski definition) is 3. The molecule has 1 amide bonds. The molecule has 92 valence electrons. The van der Waals surface area contributed by atoms with E-state index in [0.717, 1.165) is 12.8 Å². The summed E-state index contributed by atoms with van der Waals surface area (Å²) < 4.78 is 0. The molecule has 1 fully saturated rings. The highest BCUT2D eigenvalue weighted by Crippen LogP contribution is 2.30. The molecule has 1 aliphatic carbocycles. The molecular weight excluding hydrogens is 208 g/mol. The summed E-state index contributed by atoms with van der Waals surface area (Å²) in [5.74, 6) is -1.22. The van der Waals surface area contributed by atoms with E-state index in [1.165, 1.54) is 0 Å². The van der Waals surface area contributed by atoms with Crippen LogP contribution < -0.4 is 11.1 Å². The van der Waals surface area contributed by atoms with Crippen LogP contribution in [0.15, 0.2) is 0 Å². The predicted octanol–water partition coefficient (Wildman–Crippen LogP) is 0.342. The molecule has 0 unspecified atom stereocenters. The van der Waals surface area contributed by atoms with Crippen molar-refractivity contribution in [2.45, 2.75) is 32.1 Å². The van der Waals surface area contributed by atoms with E-state index in [-0.39, 0.29) is 17.7 Å². The quantitative estimate of drug-likeness (QED) is 0.572. The van der Waals surface area contributed by atoms with E-state index in [1.54, 1.807) is 0 Å². The van der Waals surface area contributed by atoms with Gasteiger partial charge in [-0.1, -0.05) is 0 Å². The molecule has 1 saturated carbocycles. The summed E-state index contributed by atoms with van der Waals surface area (Å²) in [6.45, 7) is 1.28. The lowest BCUT2D eigenvalue weighted by Gasteiger charge is -2.10. The van der Waals surface area contributed by atoms with Crippen molar-refractivity contribution < 1.29 is 14.7 Å². The Bertz CT molecular complexity index is 256. The molecule has 0 aromatic rings. The lowest BCUT2D eigenvalue weighted by Crippen LogP contribution is -2.30. The van der Waals surface area contributed by atoms with Crippen LogP contribution in [0.25, 0.3) is 0 Å². The topological polar surface area (TPSA) is 92.4 Å². The summed E-state index contributed by atoms with van der Waals surface area (Å²) in [7, 11) is 0. The molecule has 0 aromatic heterocycles. The third kappa shape index (κ3) is 3.81. The van der Waals surface area contributed by atoms with Gasteiger partial charge in [0.15, 0.2) is 0 Å². The number of carboxylic acids is 1. The summed E-state index contributed by atoms with van der Waals surface area (Å²) in [4.78, 5) is 22.4. The number of aliphatic carboxylic acids is 1. The Hall–Kier alpha value is -1.10. The van der Waals surface area contributed by atoms with Gasteiger partial charge in [0.25, 0.3) is 0 Å². The van der Waals surface area contributed by atoms with Crippen LogP contribution in [0.5, 0.6) is 0 Å². The Balaban J connectivity index is 2.20. The van der Waals surface area contributed by atoms with Gasteiger partial charge in [-0.2, -0.15) is 0 Å². The first-order valence-corrected chi connectivity index (χ1v) is 5.85. The van der Waals surface area contributed by atoms with Gasteiger partial charge >= 0.3 is 5.97 Å². The average molecular weight is 228 g/mol. The molecule has 0 heterocycles. The summed E-state index contributed by atoms with van der Waals surface area (Å²) in [5, 5.41) is 11.6. The van der Waals surface area contributed by atoms with E-state index in [1.807, 2.05) is 0 Å². The van der Waals surface area contributed by atoms with Gasteiger partial charge in [0.2, 0.25) is 5.91 Å². The Morgan fingerprint density at radius 1 is 1.25 bits per heavy atom. The molecule has 2 atom stereocenters. The molecular formula is C11H20N2O3. The first-order valence-electron chi connectivity index (χ1n) is 5.85. The molecule has 1 aliphatic rings. The van der Waals surface area contributed by atoms with Crippen LogP contribution in [0.1, 0.15) is 32.1 Å². The predicted molar refractivity (Wildman–Crippen MR) is 59.8 cm³/mol. The normalized spacial score (nSPS) is 24.3. The van der Waals surface area contributed by atoms with Gasteiger partial charge in [-0.3, -0.25) is 9.59 Å². The Morgan fingerprint density at radius 3 is 2.50 bits per heavy atom. The first-order chi connectivity index (χ1) is 7.65. The van der Waals surface area contributed by atoms with E-state index in [2.05, 4.69) is 5.32 Å². The monoisotopic (exact) mass is 228 g/mol. The number of nitrogens with one attached hydrogen (secondary N) is 1. The number of carbonyl (C=O) groups excluding carboxylic acids is 1. The third-order valence-electron chi connectivity index (χ3n) is 3.08. The molecule has 5 heteroatoms. The summed E-state index contributed by atoms with van der Waals surface area (Å²) >= 11 is 0. The van der Waals surface area contributed by atoms with E-state index in [9.17, 15) is 9.59 Å². The summed E-state index contributed by atoms with van der Waals surface area (Å²) in [6.07, 6.45) is 3.59. The molecule has 16 heavy (non-hydrogen) atoms. The van der Waals surface area contributed by atoms with Crippen molar-refractivity contribution in [1.82, 2.24) is 5.32 Å². The average Bonchev–Trinajstić information content (AvgIpc) is 2.73. The second kappa shape index (κ2) is 6.48. The molecule has 0 radical (unpaired) electrons. The van der Waals surface area contributed by atoms with Crippen molar-refractivity contribution in [1.29, 1.82) is 0 Å². The van der Waals surface area contributed by atoms with Gasteiger partial charge in [0, 0.05) is 12.5 Å². The minimum absolute atomic E-state index is 0.000714. The Labute approximate surface area is 95.4 Å². The molecule has 0 aliphatic heterocycles. The zero-order valence-electron chi connectivity index (χ0n) is 9.45. The number of unbranched alkanes of at least 4 members (excludes halogenated alkanes) is 1. The van der Waals surface area contributed by atoms with E-state index < -0.39 is 5.97 Å². The fraction of sp³-hybridized carbons (Fsp3) is 0.818. The number of amides is 1. The van der Waals surface area contributed by atoms with Crippen molar-refractivity contribution in [3.63, 3.8) is 0 Å². The highest BCUT2D eigenvalue weighted by molar-refractivity contribution is 5.80. The minimum Gasteiger partial charge on any atom is -0.481 e. The fourth-order valence-electron chi connectivity index (χ4n) is 2.07. The molecule has 0 bridgehead atoms. The number of carboxylic acid groups (broad SMARTS) is 1. The second-order valence-electron chi connectivity index (χ2n) is 4.33. The number of hydrogen-bond acceptors (Lipinski definition) is 3. The van der Waals surface area contributed by atoms with Crippen molar-refractivity contribution in [2.75, 3.05) is 13.1 Å². The second-order valence-corrected chi connectivity index (χ2v) is 4.33. The van der Waals surface area contributed by atoms with Crippen LogP contribution in [-0.4, -0.2) is 30.1 Å². The van der Waals surface area contributed by atoms with Gasteiger partial charge in [-0.15, -0.1) is 0 Å². The van der Waals surface area contributed by atoms with E-state index in [0.29, 0.717) is 32.4 Å². The maximum atomic E-state index is 11.6. The van der Waals surface area contributed by atoms with Gasteiger partial charge < -0.3 is 16.2 Å². The number of carbonyl (C=O) groups is 2. The Kier molecular flexibility index (Phi) is 5.25. The van der Waals surface area contributed by atoms with Crippen LogP contribution >= 0.6 is 0 Å². The molecule has 1 rings (SSSR count). The molecule has 0 spiro atoms. The maximum Gasteiger partial charge on any atom is 0.306 e. The molecule has 0 saturated heterocycles. The van der Waals surface area contributed by atoms with Crippen LogP contribution in [0.4, 0.5) is 0 Å². The lowest BCUT2D eigenvalue weighted by molar-refractivity contribution is -0.141. The van der Waals surface area contributed by atoms with Crippen molar-refractivity contribution >= 4 is 11.9 Å². The van der Waals surface area contributed by atoms with Gasteiger partial charge in [-0.05, 0) is 38.6 Å². The SMILES string of the molecule is NCCCCNC(=O)[C@@H]1CC[C@H](C(=O)O)C1. The highest BCUT2D eigenvalue weighted by Gasteiger charge is 2.33. The smallest absolute Gasteiger partial charge is 0.306 e. The minimum atomic E-state index is -0.779. The van der Waals surface area contributed by atoms with Gasteiger partial charge in [-0.25, -0.2) is 0 Å². The third-order valence-corrected chi connectivity index (χ3v) is 3.08. The zero-order chi connectivity index (χ0) is 12.0. The number of rotatable bonds is 6. The van der Waals surface area contributed by atoms with Gasteiger partial charge in [0.1, 0.15) is 0 Å². The van der Waals surface area contributed by atoms with Crippen molar-refractivity contribution in [2.24, 2.45) is 17.6 Å². The number of nitrogens with two attached hydrogens (primary N) is 1. The summed E-state index contributed by atoms with van der Waals surface area (Å²) in [6, 6.07) is 0. The largest absolute Gasteiger partial charge is 0.481 e. The van der Waals surface area contributed by atoms with E-state index in [4.69, 9.17) is 10.8 Å². The highest BCUT2D eigenvalue weighted by atomic mass is 16.4. The first kappa shape index (κ1) is 13.0. The van der Waals surface area contributed by atoms with Crippen LogP contribution in [0, 0.1) is 11.8 Å². The van der Waals surface area contributed by atoms with Crippen LogP contribution in [0.3, 0.4) is 0 Å². The van der Waals surface area contributed by atoms with Crippen LogP contribution in [0.2, 0.25) is 0 Å². The molecule has 4 N–H and O–H groups in total. The lowest BCUT2D eigenvalue weighted by atomic mass is 10.0. The fourth-order valence-corrected chi connectivity index (χ4v) is 2.07. The molecule has 5 nitrogen and oxygen atoms in total. The molecule has 0 aromatic carbocycles. The van der Waals surface area contributed by atoms with Gasteiger partial charge in [0.05, 0.1) is 5.92 Å². The van der Waals surface area contributed by atoms with Crippen LogP contribution in [-0.2, 0) is 9.59 Å².